The average Bonchev–Trinajstić information content (AvgIpc) is 2.93. The van der Waals surface area contributed by atoms with Gasteiger partial charge in [0.05, 0.1) is 30.2 Å². The highest BCUT2D eigenvalue weighted by molar-refractivity contribution is 8.06. The predicted octanol–water partition coefficient (Wildman–Crippen LogP) is 3.71. The van der Waals surface area contributed by atoms with Crippen LogP contribution in [-0.4, -0.2) is 53.0 Å². The summed E-state index contributed by atoms with van der Waals surface area (Å²) in [5, 5.41) is 0.909. The number of carbonyl (C=O) groups is 2. The van der Waals surface area contributed by atoms with Crippen LogP contribution in [0.2, 0.25) is 5.02 Å². The van der Waals surface area contributed by atoms with Crippen molar-refractivity contribution < 1.29 is 19.1 Å². The fourth-order valence-electron chi connectivity index (χ4n) is 3.19. The normalized spacial score (nSPS) is 22.5. The Morgan fingerprint density at radius 3 is 2.44 bits per heavy atom. The zero-order valence-corrected chi connectivity index (χ0v) is 17.7. The second kappa shape index (κ2) is 9.37. The van der Waals surface area contributed by atoms with Crippen LogP contribution in [0.15, 0.2) is 34.7 Å². The summed E-state index contributed by atoms with van der Waals surface area (Å²) < 4.78 is 10.5. The maximum Gasteiger partial charge on any atom is 0.345 e. The molecule has 5 nitrogen and oxygen atoms in total. The summed E-state index contributed by atoms with van der Waals surface area (Å²) in [6.45, 7) is 4.75. The third-order valence-electron chi connectivity index (χ3n) is 4.40. The van der Waals surface area contributed by atoms with Gasteiger partial charge in [-0.15, -0.1) is 23.5 Å². The molecule has 2 aliphatic heterocycles. The topological polar surface area (TPSA) is 55.8 Å². The van der Waals surface area contributed by atoms with Gasteiger partial charge < -0.3 is 9.47 Å². The lowest BCUT2D eigenvalue weighted by Crippen LogP contribution is -2.39. The number of esters is 2. The second-order valence-electron chi connectivity index (χ2n) is 6.10. The summed E-state index contributed by atoms with van der Waals surface area (Å²) in [5.41, 5.74) is 1.55. The van der Waals surface area contributed by atoms with Gasteiger partial charge in [0, 0.05) is 23.1 Å². The van der Waals surface area contributed by atoms with Crippen molar-refractivity contribution in [2.75, 3.05) is 24.7 Å². The van der Waals surface area contributed by atoms with Crippen LogP contribution in [0.5, 0.6) is 0 Å². The van der Waals surface area contributed by atoms with Gasteiger partial charge in [-0.1, -0.05) is 23.7 Å². The van der Waals surface area contributed by atoms with Gasteiger partial charge in [0.15, 0.2) is 0 Å². The molecule has 0 amide bonds. The molecule has 0 spiro atoms. The lowest BCUT2D eigenvalue weighted by atomic mass is 10.1. The van der Waals surface area contributed by atoms with E-state index in [-0.39, 0.29) is 24.6 Å². The monoisotopic (exact) mass is 427 g/mol. The van der Waals surface area contributed by atoms with E-state index in [0.717, 1.165) is 11.3 Å². The summed E-state index contributed by atoms with van der Waals surface area (Å²) in [4.78, 5) is 27.9. The standard InChI is InChI=1S/C19H22ClNO4S2/c1-3-24-18(22)16-14-10-26-15(11-27-17(16)19(23)25-4-2)21(14)9-12-5-7-13(20)8-6-12/h5-8,14-15H,3-4,9-11H2,1-2H3/t14-,15+/m1/s1. The van der Waals surface area contributed by atoms with E-state index in [0.29, 0.717) is 27.8 Å². The predicted molar refractivity (Wildman–Crippen MR) is 110 cm³/mol. The molecule has 1 aromatic rings. The lowest BCUT2D eigenvalue weighted by Gasteiger charge is -2.28. The molecule has 2 heterocycles. The number of thioether (sulfide) groups is 2. The maximum atomic E-state index is 12.7. The van der Waals surface area contributed by atoms with Crippen LogP contribution < -0.4 is 0 Å². The van der Waals surface area contributed by atoms with E-state index >= 15 is 0 Å². The van der Waals surface area contributed by atoms with Crippen LogP contribution >= 0.6 is 35.1 Å². The summed E-state index contributed by atoms with van der Waals surface area (Å²) in [6, 6.07) is 7.54. The molecule has 0 aromatic heterocycles. The number of benzene rings is 1. The summed E-state index contributed by atoms with van der Waals surface area (Å²) in [6.07, 6.45) is 0. The summed E-state index contributed by atoms with van der Waals surface area (Å²) in [7, 11) is 0. The molecule has 0 radical (unpaired) electrons. The first-order chi connectivity index (χ1) is 13.0. The van der Waals surface area contributed by atoms with E-state index in [4.69, 9.17) is 21.1 Å². The number of rotatable bonds is 6. The Kier molecular flexibility index (Phi) is 7.14. The van der Waals surface area contributed by atoms with Crippen LogP contribution in [0, 0.1) is 0 Å². The van der Waals surface area contributed by atoms with Crippen LogP contribution in [0.3, 0.4) is 0 Å². The van der Waals surface area contributed by atoms with E-state index in [1.165, 1.54) is 11.8 Å². The lowest BCUT2D eigenvalue weighted by molar-refractivity contribution is -0.141. The second-order valence-corrected chi connectivity index (χ2v) is 8.77. The van der Waals surface area contributed by atoms with Crippen molar-refractivity contribution in [2.45, 2.75) is 31.8 Å². The van der Waals surface area contributed by atoms with E-state index < -0.39 is 11.9 Å². The zero-order chi connectivity index (χ0) is 19.4. The molecule has 0 saturated carbocycles. The minimum absolute atomic E-state index is 0.177. The third-order valence-corrected chi connectivity index (χ3v) is 7.35. The Hall–Kier alpha value is -1.15. The first-order valence-electron chi connectivity index (χ1n) is 8.88. The van der Waals surface area contributed by atoms with E-state index in [2.05, 4.69) is 4.90 Å². The van der Waals surface area contributed by atoms with E-state index in [1.807, 2.05) is 36.0 Å². The van der Waals surface area contributed by atoms with E-state index in [1.54, 1.807) is 13.8 Å². The SMILES string of the molecule is CCOC(=O)C1=C(C(=O)OCC)[C@H]2CS[C@@H](CS1)N2Cc1ccc(Cl)cc1. The van der Waals surface area contributed by atoms with Gasteiger partial charge in [0.25, 0.3) is 0 Å². The average molecular weight is 428 g/mol. The van der Waals surface area contributed by atoms with Gasteiger partial charge in [0.2, 0.25) is 0 Å². The molecule has 0 aliphatic carbocycles. The molecule has 3 rings (SSSR count). The van der Waals surface area contributed by atoms with Crippen LogP contribution in [0.1, 0.15) is 19.4 Å². The van der Waals surface area contributed by atoms with Crippen molar-refractivity contribution in [1.29, 1.82) is 0 Å². The zero-order valence-electron chi connectivity index (χ0n) is 15.3. The molecule has 0 N–H and O–H groups in total. The Balaban J connectivity index is 1.94. The molecule has 1 saturated heterocycles. The molecular weight excluding hydrogens is 406 g/mol. The minimum Gasteiger partial charge on any atom is -0.463 e. The van der Waals surface area contributed by atoms with Crippen molar-refractivity contribution >= 4 is 47.1 Å². The molecule has 2 atom stereocenters. The van der Waals surface area contributed by atoms with Gasteiger partial charge in [-0.05, 0) is 31.5 Å². The van der Waals surface area contributed by atoms with Gasteiger partial charge in [-0.25, -0.2) is 9.59 Å². The van der Waals surface area contributed by atoms with Gasteiger partial charge in [-0.3, -0.25) is 4.90 Å². The number of hydrogen-bond donors (Lipinski definition) is 0. The number of hydrogen-bond acceptors (Lipinski definition) is 7. The number of halogens is 1. The molecule has 2 aliphatic rings. The van der Waals surface area contributed by atoms with E-state index in [9.17, 15) is 9.59 Å². The first kappa shape index (κ1) is 20.6. The third kappa shape index (κ3) is 4.65. The highest BCUT2D eigenvalue weighted by atomic mass is 35.5. The smallest absolute Gasteiger partial charge is 0.345 e. The molecule has 146 valence electrons. The number of carbonyl (C=O) groups excluding carboxylic acids is 2. The summed E-state index contributed by atoms with van der Waals surface area (Å²) >= 11 is 9.20. The molecule has 2 bridgehead atoms. The maximum absolute atomic E-state index is 12.7. The fraction of sp³-hybridized carbons (Fsp3) is 0.474. The fourth-order valence-corrected chi connectivity index (χ4v) is 6.13. The van der Waals surface area contributed by atoms with Crippen molar-refractivity contribution in [3.63, 3.8) is 0 Å². The first-order valence-corrected chi connectivity index (χ1v) is 11.3. The van der Waals surface area contributed by atoms with Crippen LogP contribution in [-0.2, 0) is 25.6 Å². The Morgan fingerprint density at radius 2 is 1.78 bits per heavy atom. The molecule has 8 heteroatoms. The van der Waals surface area contributed by atoms with Crippen molar-refractivity contribution in [3.05, 3.63) is 45.3 Å². The van der Waals surface area contributed by atoms with Crippen LogP contribution in [0.4, 0.5) is 0 Å². The Morgan fingerprint density at radius 1 is 1.11 bits per heavy atom. The number of ether oxygens (including phenoxy) is 2. The van der Waals surface area contributed by atoms with Gasteiger partial charge in [-0.2, -0.15) is 0 Å². The summed E-state index contributed by atoms with van der Waals surface area (Å²) in [5.74, 6) is 0.596. The number of fused-ring (bicyclic) bond motifs is 2. The molecular formula is C19H22ClNO4S2. The van der Waals surface area contributed by atoms with Crippen molar-refractivity contribution in [1.82, 2.24) is 4.90 Å². The Bertz CT molecular complexity index is 738. The molecule has 1 aromatic carbocycles. The minimum atomic E-state index is -0.436. The largest absolute Gasteiger partial charge is 0.463 e. The number of nitrogens with zero attached hydrogens (tertiary/aromatic N) is 1. The highest BCUT2D eigenvalue weighted by Gasteiger charge is 2.44. The highest BCUT2D eigenvalue weighted by Crippen LogP contribution is 2.43. The van der Waals surface area contributed by atoms with Gasteiger partial charge in [0.1, 0.15) is 4.91 Å². The Labute approximate surface area is 172 Å². The molecule has 0 unspecified atom stereocenters. The van der Waals surface area contributed by atoms with Crippen molar-refractivity contribution in [2.24, 2.45) is 0 Å². The van der Waals surface area contributed by atoms with Gasteiger partial charge >= 0.3 is 11.9 Å². The quantitative estimate of drug-likeness (QED) is 0.641. The molecule has 27 heavy (non-hydrogen) atoms. The van der Waals surface area contributed by atoms with Crippen LogP contribution in [0.25, 0.3) is 0 Å². The van der Waals surface area contributed by atoms with Crippen molar-refractivity contribution in [3.8, 4) is 0 Å². The molecule has 1 fully saturated rings.